The van der Waals surface area contributed by atoms with Gasteiger partial charge in [-0.3, -0.25) is 0 Å². The molecular formula is C31H35NO9S. The third-order valence-electron chi connectivity index (χ3n) is 7.88. The number of rotatable bonds is 8. The van der Waals surface area contributed by atoms with Gasteiger partial charge in [0.25, 0.3) is 0 Å². The lowest BCUT2D eigenvalue weighted by molar-refractivity contribution is -0.189. The van der Waals surface area contributed by atoms with Crippen LogP contribution in [0.2, 0.25) is 0 Å². The van der Waals surface area contributed by atoms with E-state index in [1.807, 2.05) is 37.3 Å². The minimum atomic E-state index is -4.17. The summed E-state index contributed by atoms with van der Waals surface area (Å²) in [7, 11) is -4.17. The molecule has 11 heteroatoms. The van der Waals surface area contributed by atoms with E-state index < -0.39 is 52.4 Å². The average molecular weight is 598 g/mol. The van der Waals surface area contributed by atoms with E-state index in [-0.39, 0.29) is 24.8 Å². The normalized spacial score (nSPS) is 28.1. The van der Waals surface area contributed by atoms with Crippen LogP contribution in [-0.2, 0) is 37.4 Å². The van der Waals surface area contributed by atoms with Crippen molar-refractivity contribution in [1.82, 2.24) is 4.31 Å². The van der Waals surface area contributed by atoms with E-state index in [1.54, 1.807) is 56.3 Å². The quantitative estimate of drug-likeness (QED) is 0.403. The van der Waals surface area contributed by atoms with Crippen LogP contribution < -0.4 is 9.47 Å². The predicted molar refractivity (Wildman–Crippen MR) is 151 cm³/mol. The Kier molecular flexibility index (Phi) is 7.77. The summed E-state index contributed by atoms with van der Waals surface area (Å²) in [5, 5.41) is 22.6. The molecule has 42 heavy (non-hydrogen) atoms. The molecule has 2 fully saturated rings. The van der Waals surface area contributed by atoms with Crippen LogP contribution in [0, 0.1) is 6.92 Å². The summed E-state index contributed by atoms with van der Waals surface area (Å²) in [5.41, 5.74) is 2.37. The smallest absolute Gasteiger partial charge is 0.243 e. The number of aliphatic hydroxyl groups is 2. The van der Waals surface area contributed by atoms with E-state index in [1.165, 1.54) is 4.31 Å². The molecule has 1 saturated heterocycles. The molecule has 3 aromatic carbocycles. The monoisotopic (exact) mass is 597 g/mol. The Balaban J connectivity index is 1.42. The van der Waals surface area contributed by atoms with Gasteiger partial charge in [-0.05, 0) is 56.2 Å². The number of benzene rings is 3. The molecule has 0 aromatic heterocycles. The molecule has 6 atom stereocenters. The van der Waals surface area contributed by atoms with E-state index in [2.05, 4.69) is 0 Å². The highest BCUT2D eigenvalue weighted by molar-refractivity contribution is 7.89. The van der Waals surface area contributed by atoms with Crippen molar-refractivity contribution in [1.29, 1.82) is 0 Å². The fourth-order valence-electron chi connectivity index (χ4n) is 5.83. The molecule has 0 unspecified atom stereocenters. The maximum absolute atomic E-state index is 14.4. The van der Waals surface area contributed by atoms with Gasteiger partial charge in [0.15, 0.2) is 17.3 Å². The summed E-state index contributed by atoms with van der Waals surface area (Å²) < 4.78 is 59.7. The van der Waals surface area contributed by atoms with Gasteiger partial charge in [0.2, 0.25) is 16.8 Å². The van der Waals surface area contributed by atoms with Crippen LogP contribution in [0.3, 0.4) is 0 Å². The Morgan fingerprint density at radius 2 is 1.57 bits per heavy atom. The van der Waals surface area contributed by atoms with Gasteiger partial charge in [0, 0.05) is 6.54 Å². The minimum Gasteiger partial charge on any atom is -0.454 e. The average Bonchev–Trinajstić information content (AvgIpc) is 3.57. The van der Waals surface area contributed by atoms with Gasteiger partial charge in [0.1, 0.15) is 30.5 Å². The first-order valence-electron chi connectivity index (χ1n) is 13.9. The summed E-state index contributed by atoms with van der Waals surface area (Å²) >= 11 is 0. The summed E-state index contributed by atoms with van der Waals surface area (Å²) in [6.45, 7) is 5.37. The Labute approximate surface area is 245 Å². The first kappa shape index (κ1) is 29.1. The van der Waals surface area contributed by atoms with E-state index in [0.717, 1.165) is 16.7 Å². The molecule has 6 rings (SSSR count). The lowest BCUT2D eigenvalue weighted by atomic mass is 9.82. The van der Waals surface area contributed by atoms with Crippen LogP contribution in [-0.4, -0.2) is 72.1 Å². The second kappa shape index (κ2) is 11.2. The number of ether oxygens (including phenoxy) is 5. The first-order valence-corrected chi connectivity index (χ1v) is 15.3. The summed E-state index contributed by atoms with van der Waals surface area (Å²) in [6.07, 6.45) is -5.96. The molecular weight excluding hydrogens is 562 g/mol. The molecule has 3 aromatic rings. The van der Waals surface area contributed by atoms with E-state index >= 15 is 0 Å². The second-order valence-electron chi connectivity index (χ2n) is 11.3. The van der Waals surface area contributed by atoms with E-state index in [0.29, 0.717) is 11.5 Å². The number of hydrogen-bond acceptors (Lipinski definition) is 9. The van der Waals surface area contributed by atoms with E-state index in [9.17, 15) is 18.6 Å². The Bertz CT molecular complexity index is 1510. The lowest BCUT2D eigenvalue weighted by Gasteiger charge is -2.47. The highest BCUT2D eigenvalue weighted by Crippen LogP contribution is 2.42. The fourth-order valence-corrected chi connectivity index (χ4v) is 7.46. The van der Waals surface area contributed by atoms with Gasteiger partial charge >= 0.3 is 0 Å². The van der Waals surface area contributed by atoms with Gasteiger partial charge in [0.05, 0.1) is 17.5 Å². The zero-order chi connectivity index (χ0) is 29.6. The maximum Gasteiger partial charge on any atom is 0.243 e. The highest BCUT2D eigenvalue weighted by Gasteiger charge is 2.61. The van der Waals surface area contributed by atoms with Crippen LogP contribution in [0.25, 0.3) is 0 Å². The number of sulfonamides is 1. The zero-order valence-electron chi connectivity index (χ0n) is 23.6. The molecule has 224 valence electrons. The Morgan fingerprint density at radius 1 is 0.881 bits per heavy atom. The third kappa shape index (κ3) is 5.53. The van der Waals surface area contributed by atoms with Crippen LogP contribution in [0.4, 0.5) is 0 Å². The number of fused-ring (bicyclic) bond motifs is 2. The molecule has 0 amide bonds. The van der Waals surface area contributed by atoms with Crippen molar-refractivity contribution in [3.05, 3.63) is 89.5 Å². The molecule has 2 aliphatic heterocycles. The number of nitrogens with zero attached hydrogens (tertiary/aromatic N) is 1. The number of hydrogen-bond donors (Lipinski definition) is 2. The molecule has 1 saturated carbocycles. The SMILES string of the molecule is Cc1ccc(S(=O)(=O)N(Cc2ccccc2)[C@H]2[C@@H]3OC(C)(C)O[C@@H]3[C@@H](O)[C@H](O)[C@@H]2OCc2ccc3c(c2)OCO3)cc1. The number of aliphatic hydroxyl groups excluding tert-OH is 2. The fraction of sp³-hybridized carbons (Fsp3) is 0.419. The van der Waals surface area contributed by atoms with Crippen LogP contribution >= 0.6 is 0 Å². The molecule has 0 bridgehead atoms. The van der Waals surface area contributed by atoms with Gasteiger partial charge in [-0.25, -0.2) is 8.42 Å². The topological polar surface area (TPSA) is 124 Å². The van der Waals surface area contributed by atoms with Gasteiger partial charge < -0.3 is 33.9 Å². The van der Waals surface area contributed by atoms with Crippen molar-refractivity contribution < 1.29 is 42.3 Å². The van der Waals surface area contributed by atoms with Crippen LogP contribution in [0.15, 0.2) is 77.7 Å². The van der Waals surface area contributed by atoms with Gasteiger partial charge in [-0.2, -0.15) is 4.31 Å². The highest BCUT2D eigenvalue weighted by atomic mass is 32.2. The molecule has 3 aliphatic rings. The molecule has 2 heterocycles. The summed E-state index contributed by atoms with van der Waals surface area (Å²) in [5.74, 6) is 0.0513. The van der Waals surface area contributed by atoms with Gasteiger partial charge in [-0.15, -0.1) is 0 Å². The standard InChI is InChI=1S/C31H35NO9S/c1-19-9-12-22(13-10-19)42(35,36)32(16-20-7-5-4-6-8-20)25-28(26(33)27(34)30-29(25)40-31(2,3)41-30)37-17-21-11-14-23-24(15-21)39-18-38-23/h4-15,25-30,33-34H,16-18H2,1-3H3/t25-,26+,27+,28-,29+,30-/m1/s1. The minimum absolute atomic E-state index is 0.00692. The lowest BCUT2D eigenvalue weighted by Crippen LogP contribution is -2.68. The zero-order valence-corrected chi connectivity index (χ0v) is 24.4. The molecule has 1 aliphatic carbocycles. The van der Waals surface area contributed by atoms with Crippen LogP contribution in [0.5, 0.6) is 11.5 Å². The Morgan fingerprint density at radius 3 is 2.31 bits per heavy atom. The Hall–Kier alpha value is -3.03. The van der Waals surface area contributed by atoms with Crippen molar-refractivity contribution in [3.63, 3.8) is 0 Å². The summed E-state index contributed by atoms with van der Waals surface area (Å²) in [6, 6.07) is 20.1. The first-order chi connectivity index (χ1) is 20.0. The number of aryl methyl sites for hydroxylation is 1. The van der Waals surface area contributed by atoms with Crippen LogP contribution in [0.1, 0.15) is 30.5 Å². The second-order valence-corrected chi connectivity index (χ2v) is 13.2. The molecule has 0 spiro atoms. The van der Waals surface area contributed by atoms with Gasteiger partial charge in [-0.1, -0.05) is 54.1 Å². The molecule has 2 N–H and O–H groups in total. The maximum atomic E-state index is 14.4. The van der Waals surface area contributed by atoms with Crippen molar-refractivity contribution in [2.24, 2.45) is 0 Å². The predicted octanol–water partition coefficient (Wildman–Crippen LogP) is 3.12. The van der Waals surface area contributed by atoms with Crippen molar-refractivity contribution in [3.8, 4) is 11.5 Å². The third-order valence-corrected chi connectivity index (χ3v) is 9.74. The summed E-state index contributed by atoms with van der Waals surface area (Å²) in [4.78, 5) is 0.0916. The largest absolute Gasteiger partial charge is 0.454 e. The van der Waals surface area contributed by atoms with Crippen molar-refractivity contribution in [2.75, 3.05) is 6.79 Å². The van der Waals surface area contributed by atoms with Crippen molar-refractivity contribution >= 4 is 10.0 Å². The van der Waals surface area contributed by atoms with E-state index in [4.69, 9.17) is 23.7 Å². The molecule has 10 nitrogen and oxygen atoms in total. The van der Waals surface area contributed by atoms with Crippen molar-refractivity contribution in [2.45, 2.75) is 81.2 Å². The molecule has 0 radical (unpaired) electrons.